The Hall–Kier alpha value is -0.570. The van der Waals surface area contributed by atoms with Gasteiger partial charge in [-0.3, -0.25) is 4.79 Å². The molecule has 1 saturated carbocycles. The number of aliphatic hydroxyl groups is 1. The molecular formula is C16H31NO2. The molecule has 1 unspecified atom stereocenters. The normalized spacial score (nSPS) is 19.8. The van der Waals surface area contributed by atoms with Crippen LogP contribution in [0.1, 0.15) is 72.1 Å². The third-order valence-electron chi connectivity index (χ3n) is 4.25. The van der Waals surface area contributed by atoms with Gasteiger partial charge in [0.15, 0.2) is 0 Å². The van der Waals surface area contributed by atoms with Gasteiger partial charge in [-0.1, -0.05) is 46.5 Å². The number of aliphatic hydroxyl groups excluding tert-OH is 1. The zero-order chi connectivity index (χ0) is 14.3. The first-order valence-electron chi connectivity index (χ1n) is 7.83. The molecule has 112 valence electrons. The molecule has 0 aliphatic heterocycles. The van der Waals surface area contributed by atoms with Gasteiger partial charge in [0, 0.05) is 19.1 Å². The minimum Gasteiger partial charge on any atom is -0.396 e. The summed E-state index contributed by atoms with van der Waals surface area (Å²) < 4.78 is 0. The van der Waals surface area contributed by atoms with Gasteiger partial charge in [0.1, 0.15) is 0 Å². The van der Waals surface area contributed by atoms with Crippen LogP contribution in [0.15, 0.2) is 0 Å². The van der Waals surface area contributed by atoms with Gasteiger partial charge in [-0.25, -0.2) is 0 Å². The number of hydrogen-bond donors (Lipinski definition) is 2. The van der Waals surface area contributed by atoms with Gasteiger partial charge in [-0.2, -0.15) is 0 Å². The summed E-state index contributed by atoms with van der Waals surface area (Å²) in [5.74, 6) is 0.734. The standard InChI is InChI=1S/C16H31NO2/c1-16(2,3)14(10-11-18)17-15(19)12-13-8-6-4-5-7-9-13/h13-14,18H,4-12H2,1-3H3,(H,17,19). The molecule has 0 aromatic rings. The lowest BCUT2D eigenvalue weighted by Crippen LogP contribution is -2.44. The van der Waals surface area contributed by atoms with Crippen LogP contribution >= 0.6 is 0 Å². The fourth-order valence-electron chi connectivity index (χ4n) is 2.93. The van der Waals surface area contributed by atoms with Gasteiger partial charge in [0.25, 0.3) is 0 Å². The lowest BCUT2D eigenvalue weighted by Gasteiger charge is -2.31. The van der Waals surface area contributed by atoms with E-state index in [4.69, 9.17) is 5.11 Å². The summed E-state index contributed by atoms with van der Waals surface area (Å²) in [6.45, 7) is 6.46. The third kappa shape index (κ3) is 6.42. The van der Waals surface area contributed by atoms with Crippen LogP contribution in [-0.2, 0) is 4.79 Å². The molecule has 0 heterocycles. The highest BCUT2D eigenvalue weighted by atomic mass is 16.3. The van der Waals surface area contributed by atoms with Crippen LogP contribution in [0.2, 0.25) is 0 Å². The van der Waals surface area contributed by atoms with Crippen molar-refractivity contribution in [2.75, 3.05) is 6.61 Å². The maximum atomic E-state index is 12.2. The van der Waals surface area contributed by atoms with E-state index in [9.17, 15) is 4.79 Å². The summed E-state index contributed by atoms with van der Waals surface area (Å²) in [6, 6.07) is 0.0655. The SMILES string of the molecule is CC(C)(C)C(CCO)NC(=O)CC1CCCCCC1. The second kappa shape index (κ2) is 7.88. The lowest BCUT2D eigenvalue weighted by molar-refractivity contribution is -0.123. The van der Waals surface area contributed by atoms with E-state index < -0.39 is 0 Å². The first-order chi connectivity index (χ1) is 8.93. The van der Waals surface area contributed by atoms with Crippen LogP contribution in [-0.4, -0.2) is 23.7 Å². The molecule has 19 heavy (non-hydrogen) atoms. The van der Waals surface area contributed by atoms with Crippen molar-refractivity contribution >= 4 is 5.91 Å². The Bertz CT molecular complexity index is 262. The van der Waals surface area contributed by atoms with Gasteiger partial charge in [0.2, 0.25) is 5.91 Å². The maximum Gasteiger partial charge on any atom is 0.220 e. The minimum atomic E-state index is 0.00183. The summed E-state index contributed by atoms with van der Waals surface area (Å²) in [5, 5.41) is 12.2. The molecule has 1 aliphatic rings. The molecule has 0 aromatic carbocycles. The van der Waals surface area contributed by atoms with Gasteiger partial charge in [-0.15, -0.1) is 0 Å². The zero-order valence-corrected chi connectivity index (χ0v) is 12.9. The number of amides is 1. The second-order valence-electron chi connectivity index (χ2n) is 7.06. The molecule has 3 nitrogen and oxygen atoms in total. The van der Waals surface area contributed by atoms with E-state index >= 15 is 0 Å². The average Bonchev–Trinajstić information content (AvgIpc) is 2.56. The molecule has 1 amide bonds. The number of rotatable bonds is 5. The van der Waals surface area contributed by atoms with Crippen LogP contribution in [0.25, 0.3) is 0 Å². The molecule has 0 radical (unpaired) electrons. The van der Waals surface area contributed by atoms with E-state index in [1.807, 2.05) is 0 Å². The summed E-state index contributed by atoms with van der Waals surface area (Å²) in [4.78, 5) is 12.2. The predicted molar refractivity (Wildman–Crippen MR) is 78.9 cm³/mol. The Morgan fingerprint density at radius 3 is 2.26 bits per heavy atom. The van der Waals surface area contributed by atoms with Crippen molar-refractivity contribution in [1.29, 1.82) is 0 Å². The number of carbonyl (C=O) groups excluding carboxylic acids is 1. The fraction of sp³-hybridized carbons (Fsp3) is 0.938. The Labute approximate surface area is 118 Å². The van der Waals surface area contributed by atoms with Crippen molar-refractivity contribution in [2.45, 2.75) is 78.2 Å². The highest BCUT2D eigenvalue weighted by molar-refractivity contribution is 5.76. The van der Waals surface area contributed by atoms with Crippen molar-refractivity contribution < 1.29 is 9.90 Å². The van der Waals surface area contributed by atoms with Crippen molar-refractivity contribution in [3.8, 4) is 0 Å². The molecule has 1 aliphatic carbocycles. The van der Waals surface area contributed by atoms with E-state index in [0.717, 1.165) is 0 Å². The first kappa shape index (κ1) is 16.5. The molecule has 2 N–H and O–H groups in total. The van der Waals surface area contributed by atoms with Crippen LogP contribution < -0.4 is 5.32 Å². The number of carbonyl (C=O) groups is 1. The second-order valence-corrected chi connectivity index (χ2v) is 7.06. The predicted octanol–water partition coefficient (Wildman–Crippen LogP) is 3.26. The van der Waals surface area contributed by atoms with E-state index in [1.165, 1.54) is 38.5 Å². The summed E-state index contributed by atoms with van der Waals surface area (Å²) in [7, 11) is 0. The lowest BCUT2D eigenvalue weighted by atomic mass is 9.84. The van der Waals surface area contributed by atoms with Crippen molar-refractivity contribution in [3.63, 3.8) is 0 Å². The Kier molecular flexibility index (Phi) is 6.84. The highest BCUT2D eigenvalue weighted by Crippen LogP contribution is 2.26. The Morgan fingerprint density at radius 2 is 1.79 bits per heavy atom. The van der Waals surface area contributed by atoms with Gasteiger partial charge in [-0.05, 0) is 30.6 Å². The highest BCUT2D eigenvalue weighted by Gasteiger charge is 2.26. The van der Waals surface area contributed by atoms with Crippen LogP contribution in [0.5, 0.6) is 0 Å². The summed E-state index contributed by atoms with van der Waals surface area (Å²) in [5.41, 5.74) is 0.00183. The van der Waals surface area contributed by atoms with Crippen molar-refractivity contribution in [2.24, 2.45) is 11.3 Å². The molecule has 1 atom stereocenters. The quantitative estimate of drug-likeness (QED) is 0.753. The topological polar surface area (TPSA) is 49.3 Å². The molecule has 0 bridgehead atoms. The van der Waals surface area contributed by atoms with Crippen molar-refractivity contribution in [3.05, 3.63) is 0 Å². The third-order valence-corrected chi connectivity index (χ3v) is 4.25. The average molecular weight is 269 g/mol. The van der Waals surface area contributed by atoms with Crippen molar-refractivity contribution in [1.82, 2.24) is 5.32 Å². The fourth-order valence-corrected chi connectivity index (χ4v) is 2.93. The van der Waals surface area contributed by atoms with E-state index in [0.29, 0.717) is 18.8 Å². The largest absolute Gasteiger partial charge is 0.396 e. The smallest absolute Gasteiger partial charge is 0.220 e. The molecule has 1 rings (SSSR count). The zero-order valence-electron chi connectivity index (χ0n) is 12.9. The molecule has 1 fully saturated rings. The molecule has 0 saturated heterocycles. The van der Waals surface area contributed by atoms with Gasteiger partial charge < -0.3 is 10.4 Å². The minimum absolute atomic E-state index is 0.00183. The van der Waals surface area contributed by atoms with E-state index in [1.54, 1.807) is 0 Å². The van der Waals surface area contributed by atoms with Gasteiger partial charge >= 0.3 is 0 Å². The first-order valence-corrected chi connectivity index (χ1v) is 7.83. The molecular weight excluding hydrogens is 238 g/mol. The Balaban J connectivity index is 2.43. The maximum absolute atomic E-state index is 12.2. The monoisotopic (exact) mass is 269 g/mol. The number of nitrogens with one attached hydrogen (secondary N) is 1. The molecule has 3 heteroatoms. The van der Waals surface area contributed by atoms with E-state index in [2.05, 4.69) is 26.1 Å². The summed E-state index contributed by atoms with van der Waals surface area (Å²) in [6.07, 6.45) is 8.91. The molecule has 0 aromatic heterocycles. The van der Waals surface area contributed by atoms with Crippen LogP contribution in [0.4, 0.5) is 0 Å². The molecule has 0 spiro atoms. The summed E-state index contributed by atoms with van der Waals surface area (Å²) >= 11 is 0. The van der Waals surface area contributed by atoms with E-state index in [-0.39, 0.29) is 24.0 Å². The van der Waals surface area contributed by atoms with Crippen LogP contribution in [0, 0.1) is 11.3 Å². The van der Waals surface area contributed by atoms with Crippen LogP contribution in [0.3, 0.4) is 0 Å². The van der Waals surface area contributed by atoms with Gasteiger partial charge in [0.05, 0.1) is 0 Å². The Morgan fingerprint density at radius 1 is 1.21 bits per heavy atom. The number of hydrogen-bond acceptors (Lipinski definition) is 2.